The highest BCUT2D eigenvalue weighted by Gasteiger charge is 2.47. The average molecular weight is 356 g/mol. The Balaban J connectivity index is 1.69. The number of rotatable bonds is 6. The molecule has 3 rings (SSSR count). The van der Waals surface area contributed by atoms with Gasteiger partial charge in [-0.3, -0.25) is 9.69 Å². The van der Waals surface area contributed by atoms with Crippen LogP contribution in [0.1, 0.15) is 24.5 Å². The minimum absolute atomic E-state index is 0.0739. The predicted octanol–water partition coefficient (Wildman–Crippen LogP) is 3.28. The summed E-state index contributed by atoms with van der Waals surface area (Å²) >= 11 is 0. The fraction of sp³-hybridized carbons (Fsp3) is 0.300. The highest BCUT2D eigenvalue weighted by Crippen LogP contribution is 2.25. The first-order valence-electron chi connectivity index (χ1n) is 8.43. The van der Waals surface area contributed by atoms with Gasteiger partial charge >= 0.3 is 6.03 Å². The van der Waals surface area contributed by atoms with Gasteiger partial charge in [0.25, 0.3) is 5.91 Å². The Morgan fingerprint density at radius 1 is 1.12 bits per heavy atom. The molecule has 2 aromatic carbocycles. The van der Waals surface area contributed by atoms with Gasteiger partial charge in [-0.25, -0.2) is 9.18 Å². The highest BCUT2D eigenvalue weighted by atomic mass is 19.1. The first-order valence-corrected chi connectivity index (χ1v) is 8.43. The van der Waals surface area contributed by atoms with E-state index in [1.807, 2.05) is 24.3 Å². The van der Waals surface area contributed by atoms with Gasteiger partial charge in [-0.05, 0) is 43.5 Å². The lowest BCUT2D eigenvalue weighted by atomic mass is 9.93. The molecule has 1 fully saturated rings. The van der Waals surface area contributed by atoms with Crippen LogP contribution in [0.4, 0.5) is 9.18 Å². The number of benzene rings is 2. The van der Waals surface area contributed by atoms with Crippen LogP contribution in [0.5, 0.6) is 5.75 Å². The molecule has 26 heavy (non-hydrogen) atoms. The molecule has 1 atom stereocenters. The molecular formula is C20H21FN2O3. The van der Waals surface area contributed by atoms with Crippen LogP contribution >= 0.6 is 0 Å². The monoisotopic (exact) mass is 356 g/mol. The normalized spacial score (nSPS) is 19.6. The molecule has 3 amide bonds. The molecule has 1 aliphatic heterocycles. The van der Waals surface area contributed by atoms with Crippen molar-refractivity contribution in [2.75, 3.05) is 7.11 Å². The number of nitrogens with zero attached hydrogens (tertiary/aromatic N) is 1. The van der Waals surface area contributed by atoms with E-state index >= 15 is 0 Å². The summed E-state index contributed by atoms with van der Waals surface area (Å²) in [6.45, 7) is 1.63. The molecule has 1 N–H and O–H groups in total. The Kier molecular flexibility index (Phi) is 4.93. The number of carbonyl (C=O) groups is 2. The number of amides is 3. The Morgan fingerprint density at radius 2 is 1.81 bits per heavy atom. The number of carbonyl (C=O) groups excluding carboxylic acids is 2. The van der Waals surface area contributed by atoms with Gasteiger partial charge in [-0.1, -0.05) is 30.3 Å². The van der Waals surface area contributed by atoms with Gasteiger partial charge in [0.1, 0.15) is 17.1 Å². The van der Waals surface area contributed by atoms with Gasteiger partial charge in [0.05, 0.1) is 13.7 Å². The second-order valence-electron chi connectivity index (χ2n) is 6.59. The van der Waals surface area contributed by atoms with Gasteiger partial charge in [-0.15, -0.1) is 0 Å². The van der Waals surface area contributed by atoms with Crippen molar-refractivity contribution in [2.45, 2.75) is 31.8 Å². The van der Waals surface area contributed by atoms with E-state index in [-0.39, 0.29) is 12.5 Å². The van der Waals surface area contributed by atoms with Crippen molar-refractivity contribution in [1.82, 2.24) is 10.2 Å². The van der Waals surface area contributed by atoms with E-state index in [4.69, 9.17) is 4.74 Å². The topological polar surface area (TPSA) is 58.6 Å². The van der Waals surface area contributed by atoms with Crippen molar-refractivity contribution in [3.63, 3.8) is 0 Å². The van der Waals surface area contributed by atoms with E-state index in [2.05, 4.69) is 5.32 Å². The quantitative estimate of drug-likeness (QED) is 0.808. The van der Waals surface area contributed by atoms with Gasteiger partial charge in [0.2, 0.25) is 0 Å². The molecule has 136 valence electrons. The lowest BCUT2D eigenvalue weighted by Crippen LogP contribution is -2.44. The minimum Gasteiger partial charge on any atom is -0.497 e. The molecule has 1 saturated heterocycles. The maximum absolute atomic E-state index is 13.8. The fourth-order valence-corrected chi connectivity index (χ4v) is 3.04. The molecule has 0 bridgehead atoms. The van der Waals surface area contributed by atoms with Crippen LogP contribution in [0, 0.1) is 5.82 Å². The summed E-state index contributed by atoms with van der Waals surface area (Å²) in [7, 11) is 1.60. The van der Waals surface area contributed by atoms with E-state index in [1.165, 1.54) is 6.07 Å². The third kappa shape index (κ3) is 3.54. The lowest BCUT2D eigenvalue weighted by Gasteiger charge is -2.22. The molecule has 0 aromatic heterocycles. The number of hydrogen-bond donors (Lipinski definition) is 1. The number of aryl methyl sites for hydroxylation is 1. The number of methoxy groups -OCH3 is 1. The molecule has 0 saturated carbocycles. The number of ether oxygens (including phenoxy) is 1. The molecular weight excluding hydrogens is 335 g/mol. The van der Waals surface area contributed by atoms with Crippen LogP contribution in [0.2, 0.25) is 0 Å². The van der Waals surface area contributed by atoms with E-state index in [0.717, 1.165) is 16.2 Å². The number of imide groups is 1. The van der Waals surface area contributed by atoms with Crippen LogP contribution in [0.15, 0.2) is 48.5 Å². The minimum atomic E-state index is -0.998. The van der Waals surface area contributed by atoms with Crippen molar-refractivity contribution in [2.24, 2.45) is 0 Å². The standard InChI is InChI=1S/C20H21FN2O3/c1-20(12-11-14-7-9-16(26-2)10-8-14)18(24)23(19(25)22-20)13-15-5-3-4-6-17(15)21/h3-10H,11-13H2,1-2H3,(H,22,25)/t20-/m1/s1. The highest BCUT2D eigenvalue weighted by molar-refractivity contribution is 6.06. The zero-order valence-electron chi connectivity index (χ0n) is 14.8. The first kappa shape index (κ1) is 17.9. The van der Waals surface area contributed by atoms with Crippen LogP contribution in [-0.2, 0) is 17.8 Å². The van der Waals surface area contributed by atoms with Crippen LogP contribution in [0.3, 0.4) is 0 Å². The lowest BCUT2D eigenvalue weighted by molar-refractivity contribution is -0.131. The molecule has 1 aliphatic rings. The van der Waals surface area contributed by atoms with Crippen LogP contribution in [0.25, 0.3) is 0 Å². The Bertz CT molecular complexity index is 822. The van der Waals surface area contributed by atoms with E-state index < -0.39 is 17.4 Å². The Hall–Kier alpha value is -2.89. The van der Waals surface area contributed by atoms with Gasteiger partial charge in [-0.2, -0.15) is 0 Å². The van der Waals surface area contributed by atoms with Gasteiger partial charge < -0.3 is 10.1 Å². The van der Waals surface area contributed by atoms with Gasteiger partial charge in [0.15, 0.2) is 0 Å². The summed E-state index contributed by atoms with van der Waals surface area (Å²) in [5, 5.41) is 2.75. The second-order valence-corrected chi connectivity index (χ2v) is 6.59. The van der Waals surface area contributed by atoms with Crippen molar-refractivity contribution in [1.29, 1.82) is 0 Å². The summed E-state index contributed by atoms with van der Waals surface area (Å²) in [6.07, 6.45) is 1.08. The van der Waals surface area contributed by atoms with E-state index in [9.17, 15) is 14.0 Å². The molecule has 0 radical (unpaired) electrons. The number of urea groups is 1. The largest absolute Gasteiger partial charge is 0.497 e. The predicted molar refractivity (Wildman–Crippen MR) is 95.2 cm³/mol. The third-order valence-corrected chi connectivity index (χ3v) is 4.70. The maximum Gasteiger partial charge on any atom is 0.325 e. The van der Waals surface area contributed by atoms with Crippen LogP contribution < -0.4 is 10.1 Å². The molecule has 6 heteroatoms. The average Bonchev–Trinajstić information content (AvgIpc) is 2.86. The van der Waals surface area contributed by atoms with E-state index in [1.54, 1.807) is 32.2 Å². The summed E-state index contributed by atoms with van der Waals surface area (Å²) in [6, 6.07) is 13.2. The molecule has 0 spiro atoms. The molecule has 0 unspecified atom stereocenters. The van der Waals surface area contributed by atoms with Gasteiger partial charge in [0, 0.05) is 5.56 Å². The summed E-state index contributed by atoms with van der Waals surface area (Å²) in [4.78, 5) is 26.1. The number of hydrogen-bond acceptors (Lipinski definition) is 3. The summed E-state index contributed by atoms with van der Waals surface area (Å²) in [5.41, 5.74) is 0.361. The third-order valence-electron chi connectivity index (χ3n) is 4.70. The molecule has 1 heterocycles. The second kappa shape index (κ2) is 7.15. The first-order chi connectivity index (χ1) is 12.4. The zero-order chi connectivity index (χ0) is 18.7. The summed E-state index contributed by atoms with van der Waals surface area (Å²) in [5.74, 6) is 0.000436. The van der Waals surface area contributed by atoms with Crippen molar-refractivity contribution < 1.29 is 18.7 Å². The van der Waals surface area contributed by atoms with Crippen molar-refractivity contribution >= 4 is 11.9 Å². The molecule has 0 aliphatic carbocycles. The van der Waals surface area contributed by atoms with Crippen molar-refractivity contribution in [3.05, 3.63) is 65.5 Å². The smallest absolute Gasteiger partial charge is 0.325 e. The Labute approximate surface area is 151 Å². The maximum atomic E-state index is 13.8. The van der Waals surface area contributed by atoms with Crippen LogP contribution in [-0.4, -0.2) is 29.5 Å². The Morgan fingerprint density at radius 3 is 2.46 bits per heavy atom. The number of nitrogens with one attached hydrogen (secondary N) is 1. The fourth-order valence-electron chi connectivity index (χ4n) is 3.04. The number of halogens is 1. The zero-order valence-corrected chi connectivity index (χ0v) is 14.8. The molecule has 2 aromatic rings. The van der Waals surface area contributed by atoms with E-state index in [0.29, 0.717) is 18.4 Å². The molecule has 5 nitrogen and oxygen atoms in total. The SMILES string of the molecule is COc1ccc(CC[C@@]2(C)NC(=O)N(Cc3ccccc3F)C2=O)cc1. The van der Waals surface area contributed by atoms with Crippen molar-refractivity contribution in [3.8, 4) is 5.75 Å². The summed E-state index contributed by atoms with van der Waals surface area (Å²) < 4.78 is 19.0.